The molecular formula is C69H73N4Pt-3. The Balaban J connectivity index is 0.00000672. The number of anilines is 4. The van der Waals surface area contributed by atoms with Gasteiger partial charge in [-0.15, -0.1) is 17.7 Å². The zero-order valence-corrected chi connectivity index (χ0v) is 48.5. The van der Waals surface area contributed by atoms with Crippen molar-refractivity contribution in [2.45, 2.75) is 136 Å². The van der Waals surface area contributed by atoms with Crippen LogP contribution in [0.1, 0.15) is 154 Å². The van der Waals surface area contributed by atoms with E-state index >= 15 is 0 Å². The quantitative estimate of drug-likeness (QED) is 0.135. The number of rotatable bonds is 9. The number of para-hydroxylation sites is 2. The molecule has 3 heterocycles. The summed E-state index contributed by atoms with van der Waals surface area (Å²) in [5.74, 6) is 0.877. The molecule has 0 atom stereocenters. The van der Waals surface area contributed by atoms with Crippen LogP contribution in [0.4, 0.5) is 22.7 Å². The second-order valence-corrected chi connectivity index (χ2v) is 25.2. The Kier molecular flexibility index (Phi) is 13.4. The smallest absolute Gasteiger partial charge is 0.135 e. The Bertz CT molecular complexity index is 3490. The maximum atomic E-state index is 5.16. The molecule has 5 heteroatoms. The van der Waals surface area contributed by atoms with Gasteiger partial charge in [-0.1, -0.05) is 194 Å². The van der Waals surface area contributed by atoms with Crippen molar-refractivity contribution in [1.82, 2.24) is 9.55 Å². The van der Waals surface area contributed by atoms with Gasteiger partial charge in [0.05, 0.1) is 0 Å². The van der Waals surface area contributed by atoms with E-state index in [0.29, 0.717) is 0 Å². The fourth-order valence-electron chi connectivity index (χ4n) is 10.7. The number of pyridine rings is 1. The molecule has 0 radical (unpaired) electrons. The third kappa shape index (κ3) is 9.46. The summed E-state index contributed by atoms with van der Waals surface area (Å²) in [5.41, 5.74) is 16.8. The first kappa shape index (κ1) is 52.6. The minimum atomic E-state index is -0.468. The van der Waals surface area contributed by atoms with E-state index in [2.05, 4.69) is 295 Å². The van der Waals surface area contributed by atoms with Crippen LogP contribution in [0.25, 0.3) is 27.6 Å². The van der Waals surface area contributed by atoms with Gasteiger partial charge in [0.25, 0.3) is 0 Å². The van der Waals surface area contributed by atoms with Crippen LogP contribution in [0.5, 0.6) is 0 Å². The molecule has 0 bridgehead atoms. The number of aromatic nitrogens is 2. The number of hydrogen-bond acceptors (Lipinski definition) is 3. The van der Waals surface area contributed by atoms with Crippen molar-refractivity contribution in [3.05, 3.63) is 233 Å². The Hall–Kier alpha value is -6.22. The van der Waals surface area contributed by atoms with Crippen LogP contribution in [-0.2, 0) is 53.6 Å². The molecule has 382 valence electrons. The summed E-state index contributed by atoms with van der Waals surface area (Å²) >= 11 is 0. The fourth-order valence-corrected chi connectivity index (χ4v) is 10.7. The van der Waals surface area contributed by atoms with Gasteiger partial charge in [-0.2, -0.15) is 53.6 Å². The van der Waals surface area contributed by atoms with Gasteiger partial charge in [-0.05, 0) is 108 Å². The molecule has 1 aliphatic heterocycles. The van der Waals surface area contributed by atoms with E-state index in [1.54, 1.807) is 0 Å². The summed E-state index contributed by atoms with van der Waals surface area (Å²) < 4.78 is 2.34. The summed E-state index contributed by atoms with van der Waals surface area (Å²) in [6, 6.07) is 66.5. The van der Waals surface area contributed by atoms with Crippen molar-refractivity contribution < 1.29 is 21.1 Å². The maximum absolute atomic E-state index is 5.16. The Labute approximate surface area is 457 Å². The molecule has 0 aliphatic carbocycles. The largest absolute Gasteiger partial charge is 0.493 e. The molecule has 10 rings (SSSR count). The maximum Gasteiger partial charge on any atom is 0.135 e. The van der Waals surface area contributed by atoms with Gasteiger partial charge in [0, 0.05) is 60.7 Å². The molecule has 74 heavy (non-hydrogen) atoms. The van der Waals surface area contributed by atoms with Gasteiger partial charge in [0.15, 0.2) is 0 Å². The zero-order chi connectivity index (χ0) is 52.0. The van der Waals surface area contributed by atoms with Crippen LogP contribution in [0.15, 0.2) is 164 Å². The van der Waals surface area contributed by atoms with Gasteiger partial charge in [-0.3, -0.25) is 0 Å². The third-order valence-electron chi connectivity index (χ3n) is 16.0. The number of benzene rings is 7. The second kappa shape index (κ2) is 18.9. The molecule has 0 spiro atoms. The van der Waals surface area contributed by atoms with Crippen molar-refractivity contribution in [3.63, 3.8) is 0 Å². The van der Waals surface area contributed by atoms with E-state index in [9.17, 15) is 0 Å². The first-order valence-electron chi connectivity index (χ1n) is 26.2. The summed E-state index contributed by atoms with van der Waals surface area (Å²) in [6.07, 6.45) is 1.98. The normalized spacial score (nSPS) is 13.7. The average Bonchev–Trinajstić information content (AvgIpc) is 3.92. The van der Waals surface area contributed by atoms with Gasteiger partial charge >= 0.3 is 0 Å². The minimum absolute atomic E-state index is 0. The van der Waals surface area contributed by atoms with Gasteiger partial charge in [0.1, 0.15) is 5.82 Å². The van der Waals surface area contributed by atoms with Crippen LogP contribution in [0, 0.1) is 18.8 Å². The minimum Gasteiger partial charge on any atom is -0.493 e. The molecule has 4 nitrogen and oxygen atoms in total. The van der Waals surface area contributed by atoms with Crippen molar-refractivity contribution >= 4 is 44.6 Å². The Morgan fingerprint density at radius 1 is 0.405 bits per heavy atom. The molecule has 0 saturated heterocycles. The van der Waals surface area contributed by atoms with E-state index in [-0.39, 0.29) is 48.1 Å². The van der Waals surface area contributed by atoms with Crippen LogP contribution in [-0.4, -0.2) is 9.55 Å². The Morgan fingerprint density at radius 2 is 0.946 bits per heavy atom. The molecular weight excluding hydrogens is 1080 g/mol. The third-order valence-corrected chi connectivity index (χ3v) is 16.0. The van der Waals surface area contributed by atoms with Crippen molar-refractivity contribution in [2.24, 2.45) is 0 Å². The van der Waals surface area contributed by atoms with Gasteiger partial charge < -0.3 is 14.4 Å². The molecule has 1 aliphatic rings. The summed E-state index contributed by atoms with van der Waals surface area (Å²) in [4.78, 5) is 9.82. The van der Waals surface area contributed by atoms with Crippen molar-refractivity contribution in [1.29, 1.82) is 0 Å². The molecule has 0 unspecified atom stereocenters. The number of hydrogen-bond donors (Lipinski definition) is 0. The molecule has 7 aromatic carbocycles. The molecule has 0 N–H and O–H groups in total. The second-order valence-electron chi connectivity index (χ2n) is 25.2. The van der Waals surface area contributed by atoms with Crippen LogP contribution in [0.3, 0.4) is 0 Å². The monoisotopic (exact) mass is 1150 g/mol. The molecule has 0 amide bonds. The van der Waals surface area contributed by atoms with Crippen LogP contribution in [0.2, 0.25) is 0 Å². The predicted octanol–water partition coefficient (Wildman–Crippen LogP) is 18.1. The average molecular weight is 1150 g/mol. The van der Waals surface area contributed by atoms with Crippen LogP contribution >= 0.6 is 0 Å². The molecule has 0 fully saturated rings. The predicted molar refractivity (Wildman–Crippen MR) is 310 cm³/mol. The van der Waals surface area contributed by atoms with Crippen molar-refractivity contribution in [2.75, 3.05) is 9.80 Å². The molecule has 2 aromatic heterocycles. The number of fused-ring (bicyclic) bond motifs is 4. The first-order valence-corrected chi connectivity index (χ1v) is 26.2. The summed E-state index contributed by atoms with van der Waals surface area (Å²) in [5, 5.41) is 2.33. The number of nitrogens with zero attached hydrogens (tertiary/aromatic N) is 4. The Morgan fingerprint density at radius 3 is 1.57 bits per heavy atom. The fraction of sp³-hybridized carbons (Fsp3) is 0.304. The van der Waals surface area contributed by atoms with E-state index in [1.165, 1.54) is 44.3 Å². The van der Waals surface area contributed by atoms with Crippen molar-refractivity contribution in [3.8, 4) is 5.82 Å². The van der Waals surface area contributed by atoms with Gasteiger partial charge in [-0.25, -0.2) is 4.98 Å². The van der Waals surface area contributed by atoms with E-state index < -0.39 is 5.41 Å². The van der Waals surface area contributed by atoms with E-state index in [0.717, 1.165) is 56.1 Å². The standard InChI is InChI=1S/C69H73N4.Pt/c1-64(2,3)46-28-30-48(31-29-46)68(12,13)52-36-37-70-63(44-52)73-59-35-33-50(67(10,11)47-22-17-16-18-23-47)42-58(59)57-34-32-51(43-62(57)73)69(14,15)49-24-21-25-55(39-49)71-45-72(61-27-20-19-26-60(61)71)56-40-53(65(4,5)6)38-54(41-56)66(7,8)9;/h16-38,40-42,44-45H,1-15H3;/q-3;. The molecule has 9 aromatic rings. The zero-order valence-electron chi connectivity index (χ0n) is 46.3. The first-order chi connectivity index (χ1) is 34.3. The SMILES string of the molecule is CC(C)(C)c1ccc(C(C)(C)c2ccnc(-n3c4[c-]c(C(C)(C)c5[c-]c(N6[CH-]N(c7cc(C(C)(C)C)cc(C(C)(C)C)c7)c7ccccc76)ccc5)ccc4c4cc(C(C)(C)c5ccccc5)ccc43)c2)cc1.[Pt]. The van der Waals surface area contributed by atoms with Crippen LogP contribution < -0.4 is 9.80 Å². The van der Waals surface area contributed by atoms with E-state index in [4.69, 9.17) is 4.98 Å². The summed E-state index contributed by atoms with van der Waals surface area (Å²) in [6.45, 7) is 36.8. The van der Waals surface area contributed by atoms with E-state index in [1.807, 2.05) is 6.20 Å². The molecule has 0 saturated carbocycles. The topological polar surface area (TPSA) is 24.3 Å². The summed E-state index contributed by atoms with van der Waals surface area (Å²) in [7, 11) is 0. The van der Waals surface area contributed by atoms with Gasteiger partial charge in [0.2, 0.25) is 0 Å².